The lowest BCUT2D eigenvalue weighted by atomic mass is 10.2. The van der Waals surface area contributed by atoms with Crippen molar-refractivity contribution in [3.05, 3.63) is 0 Å². The molecule has 1 radical (unpaired) electrons. The van der Waals surface area contributed by atoms with Crippen molar-refractivity contribution in [1.82, 2.24) is 0 Å². The molecule has 0 aliphatic rings. The molecule has 0 rings (SSSR count). The van der Waals surface area contributed by atoms with Gasteiger partial charge in [0.15, 0.2) is 0 Å². The van der Waals surface area contributed by atoms with Gasteiger partial charge in [-0.15, -0.1) is 23.2 Å². The minimum atomic E-state index is -0.677. The van der Waals surface area contributed by atoms with E-state index < -0.39 is 9.04 Å². The highest BCUT2D eigenvalue weighted by Crippen LogP contribution is 2.18. The van der Waals surface area contributed by atoms with E-state index in [1.54, 1.807) is 0 Å². The zero-order valence-corrected chi connectivity index (χ0v) is 10.5. The Hall–Kier alpha value is 0.757. The Balaban J connectivity index is 3.70. The average Bonchev–Trinajstić information content (AvgIpc) is 1.96. The van der Waals surface area contributed by atoms with Crippen LogP contribution in [0.4, 0.5) is 0 Å². The lowest BCUT2D eigenvalue weighted by Crippen LogP contribution is -2.26. The number of alkyl halides is 2. The molecule has 0 saturated heterocycles. The first-order valence-corrected chi connectivity index (χ1v) is 7.61. The second kappa shape index (κ2) is 7.19. The van der Waals surface area contributed by atoms with Crippen molar-refractivity contribution in [3.63, 3.8) is 0 Å². The third-order valence-electron chi connectivity index (χ3n) is 1.51. The van der Waals surface area contributed by atoms with Crippen molar-refractivity contribution in [1.29, 1.82) is 0 Å². The van der Waals surface area contributed by atoms with Crippen LogP contribution in [0.2, 0.25) is 13.1 Å². The first-order chi connectivity index (χ1) is 5.57. The van der Waals surface area contributed by atoms with Crippen LogP contribution < -0.4 is 0 Å². The summed E-state index contributed by atoms with van der Waals surface area (Å²) in [6.07, 6.45) is 3.31. The Morgan fingerprint density at radius 3 is 2.25 bits per heavy atom. The zero-order chi connectivity index (χ0) is 9.56. The van der Waals surface area contributed by atoms with Crippen molar-refractivity contribution in [3.8, 4) is 0 Å². The zero-order valence-electron chi connectivity index (χ0n) is 7.94. The molecule has 0 saturated carbocycles. The summed E-state index contributed by atoms with van der Waals surface area (Å²) in [7, 11) is -0.677. The van der Waals surface area contributed by atoms with Gasteiger partial charge < -0.3 is 4.43 Å². The first kappa shape index (κ1) is 12.8. The van der Waals surface area contributed by atoms with E-state index in [2.05, 4.69) is 20.0 Å². The van der Waals surface area contributed by atoms with Crippen LogP contribution in [-0.4, -0.2) is 20.0 Å². The van der Waals surface area contributed by atoms with Gasteiger partial charge in [-0.05, 0) is 19.5 Å². The molecule has 0 aromatic carbocycles. The third-order valence-corrected chi connectivity index (χ3v) is 2.85. The fraction of sp³-hybridized carbons (Fsp3) is 1.00. The lowest BCUT2D eigenvalue weighted by molar-refractivity contribution is 0.204. The lowest BCUT2D eigenvalue weighted by Gasteiger charge is -2.20. The minimum absolute atomic E-state index is 0.0390. The van der Waals surface area contributed by atoms with E-state index in [0.29, 0.717) is 0 Å². The van der Waals surface area contributed by atoms with Gasteiger partial charge in [0.2, 0.25) is 9.04 Å². The Kier molecular flexibility index (Phi) is 7.64. The van der Waals surface area contributed by atoms with Crippen LogP contribution in [0, 0.1) is 0 Å². The quantitative estimate of drug-likeness (QED) is 0.498. The van der Waals surface area contributed by atoms with Crippen LogP contribution in [0.25, 0.3) is 0 Å². The SMILES string of the molecule is CCCCC(O[Si](C)C)C(Cl)Cl. The van der Waals surface area contributed by atoms with E-state index in [0.717, 1.165) is 19.3 Å². The minimum Gasteiger partial charge on any atom is -0.412 e. The molecule has 0 amide bonds. The Bertz CT molecular complexity index is 109. The highest BCUT2D eigenvalue weighted by Gasteiger charge is 2.18. The van der Waals surface area contributed by atoms with Gasteiger partial charge in [0.25, 0.3) is 0 Å². The maximum Gasteiger partial charge on any atom is 0.205 e. The van der Waals surface area contributed by atoms with Gasteiger partial charge in [-0.2, -0.15) is 0 Å². The smallest absolute Gasteiger partial charge is 0.205 e. The van der Waals surface area contributed by atoms with Crippen molar-refractivity contribution in [2.75, 3.05) is 0 Å². The standard InChI is InChI=1S/C8H17Cl2OSi/c1-4-5-6-7(8(9)10)11-12(2)3/h7-8H,4-6H2,1-3H3. The Labute approximate surface area is 87.1 Å². The van der Waals surface area contributed by atoms with Crippen LogP contribution >= 0.6 is 23.2 Å². The second-order valence-electron chi connectivity index (χ2n) is 3.04. The predicted octanol–water partition coefficient (Wildman–Crippen LogP) is 3.62. The van der Waals surface area contributed by atoms with Crippen LogP contribution in [0.3, 0.4) is 0 Å². The number of hydrogen-bond donors (Lipinski definition) is 0. The molecule has 0 fully saturated rings. The molecular weight excluding hydrogens is 211 g/mol. The van der Waals surface area contributed by atoms with Gasteiger partial charge in [-0.3, -0.25) is 0 Å². The summed E-state index contributed by atoms with van der Waals surface area (Å²) in [4.78, 5) is -0.378. The van der Waals surface area contributed by atoms with Crippen molar-refractivity contribution in [2.45, 2.75) is 50.2 Å². The molecule has 0 aromatic heterocycles. The van der Waals surface area contributed by atoms with Gasteiger partial charge in [-0.25, -0.2) is 0 Å². The molecule has 1 unspecified atom stereocenters. The summed E-state index contributed by atoms with van der Waals surface area (Å²) in [6, 6.07) is 0. The Morgan fingerprint density at radius 1 is 1.33 bits per heavy atom. The van der Waals surface area contributed by atoms with Crippen LogP contribution in [0.1, 0.15) is 26.2 Å². The molecule has 12 heavy (non-hydrogen) atoms. The molecule has 0 bridgehead atoms. The second-order valence-corrected chi connectivity index (χ2v) is 6.26. The maximum atomic E-state index is 5.78. The van der Waals surface area contributed by atoms with Gasteiger partial charge in [0.1, 0.15) is 4.84 Å². The highest BCUT2D eigenvalue weighted by atomic mass is 35.5. The topological polar surface area (TPSA) is 9.23 Å². The summed E-state index contributed by atoms with van der Waals surface area (Å²) in [5.41, 5.74) is 0. The fourth-order valence-electron chi connectivity index (χ4n) is 0.944. The fourth-order valence-corrected chi connectivity index (χ4v) is 2.33. The number of rotatable bonds is 6. The number of hydrogen-bond acceptors (Lipinski definition) is 1. The van der Waals surface area contributed by atoms with Crippen LogP contribution in [0.15, 0.2) is 0 Å². The molecule has 0 aromatic rings. The summed E-state index contributed by atoms with van der Waals surface area (Å²) >= 11 is 11.6. The molecule has 0 heterocycles. The third kappa shape index (κ3) is 6.29. The normalized spacial score (nSPS) is 14.2. The maximum absolute atomic E-state index is 5.78. The molecule has 1 nitrogen and oxygen atoms in total. The van der Waals surface area contributed by atoms with Gasteiger partial charge >= 0.3 is 0 Å². The number of unbranched alkanes of at least 4 members (excludes halogenated alkanes) is 1. The van der Waals surface area contributed by atoms with Crippen LogP contribution in [0.5, 0.6) is 0 Å². The van der Waals surface area contributed by atoms with E-state index >= 15 is 0 Å². The Morgan fingerprint density at radius 2 is 1.92 bits per heavy atom. The molecule has 0 N–H and O–H groups in total. The first-order valence-electron chi connectivity index (χ1n) is 4.32. The summed E-state index contributed by atoms with van der Waals surface area (Å²) < 4.78 is 5.65. The molecular formula is C8H17Cl2OSi. The molecule has 0 aliphatic heterocycles. The van der Waals surface area contributed by atoms with E-state index in [4.69, 9.17) is 27.6 Å². The van der Waals surface area contributed by atoms with E-state index in [1.807, 2.05) is 0 Å². The summed E-state index contributed by atoms with van der Waals surface area (Å²) in [5.74, 6) is 0. The summed E-state index contributed by atoms with van der Waals surface area (Å²) in [6.45, 7) is 6.35. The van der Waals surface area contributed by atoms with Crippen LogP contribution in [-0.2, 0) is 4.43 Å². The van der Waals surface area contributed by atoms with Crippen molar-refractivity contribution >= 4 is 32.2 Å². The largest absolute Gasteiger partial charge is 0.412 e. The monoisotopic (exact) mass is 227 g/mol. The van der Waals surface area contributed by atoms with Gasteiger partial charge in [-0.1, -0.05) is 19.8 Å². The highest BCUT2D eigenvalue weighted by molar-refractivity contribution is 6.49. The summed E-state index contributed by atoms with van der Waals surface area (Å²) in [5, 5.41) is 0. The van der Waals surface area contributed by atoms with E-state index in [9.17, 15) is 0 Å². The molecule has 0 spiro atoms. The molecule has 4 heteroatoms. The molecule has 73 valence electrons. The van der Waals surface area contributed by atoms with Gasteiger partial charge in [0.05, 0.1) is 6.10 Å². The molecule has 1 atom stereocenters. The predicted molar refractivity (Wildman–Crippen MR) is 57.4 cm³/mol. The van der Waals surface area contributed by atoms with Gasteiger partial charge in [0, 0.05) is 0 Å². The van der Waals surface area contributed by atoms with E-state index in [-0.39, 0.29) is 10.9 Å². The number of halogens is 2. The average molecular weight is 228 g/mol. The van der Waals surface area contributed by atoms with Crippen molar-refractivity contribution < 1.29 is 4.43 Å². The van der Waals surface area contributed by atoms with E-state index in [1.165, 1.54) is 0 Å². The van der Waals surface area contributed by atoms with Crippen molar-refractivity contribution in [2.24, 2.45) is 0 Å². The molecule has 0 aliphatic carbocycles.